The molecule has 0 heterocycles. The van der Waals surface area contributed by atoms with Gasteiger partial charge in [0.2, 0.25) is 5.91 Å². The molecular formula is C49H81NO3. The van der Waals surface area contributed by atoms with E-state index in [1.165, 1.54) is 70.6 Å². The molecule has 2 unspecified atom stereocenters. The molecule has 4 nitrogen and oxygen atoms in total. The smallest absolute Gasteiger partial charge is 0.220 e. The Morgan fingerprint density at radius 2 is 0.849 bits per heavy atom. The van der Waals surface area contributed by atoms with E-state index in [9.17, 15) is 15.0 Å². The van der Waals surface area contributed by atoms with Gasteiger partial charge in [0.15, 0.2) is 0 Å². The minimum Gasteiger partial charge on any atom is -0.394 e. The highest BCUT2D eigenvalue weighted by Gasteiger charge is 2.17. The van der Waals surface area contributed by atoms with Crippen molar-refractivity contribution in [1.82, 2.24) is 5.32 Å². The molecular weight excluding hydrogens is 651 g/mol. The van der Waals surface area contributed by atoms with Crippen LogP contribution in [0.25, 0.3) is 0 Å². The van der Waals surface area contributed by atoms with E-state index in [1.54, 1.807) is 6.08 Å². The number of allylic oxidation sites excluding steroid dienone is 17. The molecule has 0 aromatic carbocycles. The van der Waals surface area contributed by atoms with Gasteiger partial charge in [-0.15, -0.1) is 0 Å². The number of unbranched alkanes of at least 4 members (excludes halogenated alkanes) is 14. The van der Waals surface area contributed by atoms with Crippen LogP contribution in [0.15, 0.2) is 109 Å². The van der Waals surface area contributed by atoms with Gasteiger partial charge < -0.3 is 15.5 Å². The molecule has 0 fully saturated rings. The van der Waals surface area contributed by atoms with Gasteiger partial charge in [0.25, 0.3) is 0 Å². The standard InChI is InChI=1S/C49H81NO3/c1-3-5-7-9-11-13-15-17-19-21-23-25-27-29-31-33-35-37-39-41-43-45-49(53)50-47(46-51)48(52)44-42-40-38-36-34-32-30-28-26-24-22-20-18-16-14-12-10-8-6-4-2/h5,7,11,13,17,19,23,25-26,28-29,31,34-37,42,44,47-48,51-52H,3-4,6,8-10,12,14-16,18,20-22,24,27,30,32-33,38-41,43,45-46H2,1-2H3,(H,50,53)/b7-5-,13-11-,19-17-,25-23-,28-26+,31-29-,36-34+,37-35-,44-42+. The lowest BCUT2D eigenvalue weighted by Crippen LogP contribution is -2.45. The fraction of sp³-hybridized carbons (Fsp3) is 0.612. The molecule has 0 aromatic rings. The fourth-order valence-electron chi connectivity index (χ4n) is 5.68. The van der Waals surface area contributed by atoms with Crippen molar-refractivity contribution < 1.29 is 15.0 Å². The predicted octanol–water partition coefficient (Wildman–Crippen LogP) is 13.6. The van der Waals surface area contributed by atoms with E-state index in [-0.39, 0.29) is 12.5 Å². The molecule has 0 radical (unpaired) electrons. The number of carbonyl (C=O) groups is 1. The van der Waals surface area contributed by atoms with E-state index in [4.69, 9.17) is 0 Å². The highest BCUT2D eigenvalue weighted by Crippen LogP contribution is 2.12. The Morgan fingerprint density at radius 3 is 1.32 bits per heavy atom. The Balaban J connectivity index is 3.80. The van der Waals surface area contributed by atoms with Gasteiger partial charge in [0.05, 0.1) is 18.8 Å². The van der Waals surface area contributed by atoms with Gasteiger partial charge in [-0.3, -0.25) is 4.79 Å². The molecule has 53 heavy (non-hydrogen) atoms. The Labute approximate surface area is 327 Å². The Kier molecular flexibility index (Phi) is 41.0. The Hall–Kier alpha value is -2.95. The molecule has 0 bridgehead atoms. The largest absolute Gasteiger partial charge is 0.394 e. The molecule has 2 atom stereocenters. The number of rotatable bonds is 37. The topological polar surface area (TPSA) is 69.6 Å². The molecule has 0 aromatic heterocycles. The van der Waals surface area contributed by atoms with Crippen molar-refractivity contribution in [2.75, 3.05) is 6.61 Å². The zero-order chi connectivity index (χ0) is 38.6. The normalized spacial score (nSPS) is 14.1. The highest BCUT2D eigenvalue weighted by atomic mass is 16.3. The minimum atomic E-state index is -0.896. The predicted molar refractivity (Wildman–Crippen MR) is 234 cm³/mol. The molecule has 300 valence electrons. The van der Waals surface area contributed by atoms with Crippen molar-refractivity contribution in [1.29, 1.82) is 0 Å². The lowest BCUT2D eigenvalue weighted by atomic mass is 10.1. The van der Waals surface area contributed by atoms with Crippen molar-refractivity contribution in [3.05, 3.63) is 109 Å². The van der Waals surface area contributed by atoms with E-state index >= 15 is 0 Å². The first-order chi connectivity index (χ1) is 26.2. The number of aliphatic hydroxyl groups excluding tert-OH is 2. The first-order valence-electron chi connectivity index (χ1n) is 21.6. The second kappa shape index (κ2) is 43.5. The second-order valence-electron chi connectivity index (χ2n) is 14.0. The van der Waals surface area contributed by atoms with Crippen molar-refractivity contribution in [3.63, 3.8) is 0 Å². The molecule has 0 aliphatic carbocycles. The summed E-state index contributed by atoms with van der Waals surface area (Å²) in [6.45, 7) is 4.14. The number of hydrogen-bond donors (Lipinski definition) is 3. The van der Waals surface area contributed by atoms with Crippen LogP contribution in [0.2, 0.25) is 0 Å². The third kappa shape index (κ3) is 40.1. The maximum atomic E-state index is 12.4. The number of hydrogen-bond acceptors (Lipinski definition) is 3. The van der Waals surface area contributed by atoms with Crippen LogP contribution in [0.3, 0.4) is 0 Å². The van der Waals surface area contributed by atoms with Crippen LogP contribution in [-0.4, -0.2) is 34.9 Å². The summed E-state index contributed by atoms with van der Waals surface area (Å²) in [7, 11) is 0. The summed E-state index contributed by atoms with van der Waals surface area (Å²) in [5.41, 5.74) is 0. The lowest BCUT2D eigenvalue weighted by molar-refractivity contribution is -0.123. The monoisotopic (exact) mass is 732 g/mol. The number of nitrogens with one attached hydrogen (secondary N) is 1. The quantitative estimate of drug-likeness (QED) is 0.0440. The average Bonchev–Trinajstić information content (AvgIpc) is 3.16. The molecule has 0 aliphatic rings. The zero-order valence-corrected chi connectivity index (χ0v) is 34.2. The van der Waals surface area contributed by atoms with Gasteiger partial charge in [-0.2, -0.15) is 0 Å². The van der Waals surface area contributed by atoms with E-state index < -0.39 is 12.1 Å². The van der Waals surface area contributed by atoms with Gasteiger partial charge >= 0.3 is 0 Å². The summed E-state index contributed by atoms with van der Waals surface area (Å²) in [5.74, 6) is -0.125. The van der Waals surface area contributed by atoms with Crippen molar-refractivity contribution >= 4 is 5.91 Å². The summed E-state index contributed by atoms with van der Waals surface area (Å²) < 4.78 is 0. The van der Waals surface area contributed by atoms with E-state index in [0.717, 1.165) is 83.5 Å². The van der Waals surface area contributed by atoms with Gasteiger partial charge in [-0.05, 0) is 96.3 Å². The van der Waals surface area contributed by atoms with Crippen LogP contribution in [0.1, 0.15) is 174 Å². The van der Waals surface area contributed by atoms with Gasteiger partial charge in [-0.1, -0.05) is 181 Å². The second-order valence-corrected chi connectivity index (χ2v) is 14.0. The molecule has 0 rings (SSSR count). The van der Waals surface area contributed by atoms with Crippen LogP contribution < -0.4 is 5.32 Å². The Morgan fingerprint density at radius 1 is 0.472 bits per heavy atom. The average molecular weight is 732 g/mol. The number of carbonyl (C=O) groups excluding carboxylic acids is 1. The van der Waals surface area contributed by atoms with E-state index in [0.29, 0.717) is 6.42 Å². The fourth-order valence-corrected chi connectivity index (χ4v) is 5.68. The lowest BCUT2D eigenvalue weighted by Gasteiger charge is -2.19. The molecule has 1 amide bonds. The first kappa shape index (κ1) is 50.1. The van der Waals surface area contributed by atoms with Crippen LogP contribution in [0.5, 0.6) is 0 Å². The van der Waals surface area contributed by atoms with Crippen LogP contribution >= 0.6 is 0 Å². The third-order valence-electron chi connectivity index (χ3n) is 8.97. The molecule has 3 N–H and O–H groups in total. The van der Waals surface area contributed by atoms with Crippen molar-refractivity contribution in [2.45, 2.75) is 187 Å². The van der Waals surface area contributed by atoms with Crippen LogP contribution in [-0.2, 0) is 4.79 Å². The van der Waals surface area contributed by atoms with Crippen molar-refractivity contribution in [2.24, 2.45) is 0 Å². The third-order valence-corrected chi connectivity index (χ3v) is 8.97. The van der Waals surface area contributed by atoms with Crippen molar-refractivity contribution in [3.8, 4) is 0 Å². The molecule has 0 aliphatic heterocycles. The van der Waals surface area contributed by atoms with Gasteiger partial charge in [-0.25, -0.2) is 0 Å². The molecule has 0 saturated carbocycles. The molecule has 0 spiro atoms. The summed E-state index contributed by atoms with van der Waals surface area (Å²) in [6.07, 6.45) is 66.2. The zero-order valence-electron chi connectivity index (χ0n) is 34.2. The maximum absolute atomic E-state index is 12.4. The highest BCUT2D eigenvalue weighted by molar-refractivity contribution is 5.76. The van der Waals surface area contributed by atoms with Crippen LogP contribution in [0.4, 0.5) is 0 Å². The summed E-state index contributed by atoms with van der Waals surface area (Å²) in [5, 5.41) is 22.9. The summed E-state index contributed by atoms with van der Waals surface area (Å²) in [6, 6.07) is -0.676. The maximum Gasteiger partial charge on any atom is 0.220 e. The minimum absolute atomic E-state index is 0.125. The van der Waals surface area contributed by atoms with Gasteiger partial charge in [0.1, 0.15) is 0 Å². The molecule has 4 heteroatoms. The summed E-state index contributed by atoms with van der Waals surface area (Å²) in [4.78, 5) is 12.4. The Bertz CT molecular complexity index is 1060. The molecule has 0 saturated heterocycles. The van der Waals surface area contributed by atoms with Gasteiger partial charge in [0, 0.05) is 6.42 Å². The SMILES string of the molecule is CC/C=C\C/C=C\C/C=C\C/C=C\C/C=C\C/C=C\CCCCC(=O)NC(CO)C(O)/C=C/CC/C=C/CC/C=C/CCCCCCCCCCCC. The van der Waals surface area contributed by atoms with Crippen LogP contribution in [0, 0.1) is 0 Å². The van der Waals surface area contributed by atoms with E-state index in [2.05, 4.69) is 116 Å². The number of amides is 1. The number of aliphatic hydroxyl groups is 2. The van der Waals surface area contributed by atoms with E-state index in [1.807, 2.05) is 6.08 Å². The first-order valence-corrected chi connectivity index (χ1v) is 21.6. The summed E-state index contributed by atoms with van der Waals surface area (Å²) >= 11 is 0.